The highest BCUT2D eigenvalue weighted by Crippen LogP contribution is 2.22. The quantitative estimate of drug-likeness (QED) is 0.711. The minimum Gasteiger partial charge on any atom is -0.301 e. The molecule has 1 aromatic heterocycles. The van der Waals surface area contributed by atoms with Crippen LogP contribution in [0.3, 0.4) is 0 Å². The van der Waals surface area contributed by atoms with Gasteiger partial charge in [0.2, 0.25) is 0 Å². The predicted octanol–water partition coefficient (Wildman–Crippen LogP) is 1.73. The lowest BCUT2D eigenvalue weighted by molar-refractivity contribution is 0.147. The third-order valence-electron chi connectivity index (χ3n) is 3.08. The average molecular weight is 192 g/mol. The van der Waals surface area contributed by atoms with Crippen molar-refractivity contribution in [2.24, 2.45) is 0 Å². The molecule has 0 aliphatic carbocycles. The zero-order valence-electron chi connectivity index (χ0n) is 8.98. The Morgan fingerprint density at radius 1 is 1.36 bits per heavy atom. The molecule has 0 saturated carbocycles. The van der Waals surface area contributed by atoms with Gasteiger partial charge in [0.15, 0.2) is 0 Å². The zero-order valence-corrected chi connectivity index (χ0v) is 8.98. The average Bonchev–Trinajstić information content (AvgIpc) is 2.71. The molecule has 0 N–H and O–H groups in total. The van der Waals surface area contributed by atoms with E-state index in [1.807, 2.05) is 6.20 Å². The summed E-state index contributed by atoms with van der Waals surface area (Å²) < 4.78 is 2.05. The van der Waals surface area contributed by atoms with Gasteiger partial charge >= 0.3 is 0 Å². The third-order valence-corrected chi connectivity index (χ3v) is 3.08. The number of hydrogen-bond donors (Lipinski definition) is 0. The van der Waals surface area contributed by atoms with Crippen LogP contribution in [0.1, 0.15) is 32.7 Å². The van der Waals surface area contributed by atoms with Crippen LogP contribution in [0.2, 0.25) is 0 Å². The van der Waals surface area contributed by atoms with Gasteiger partial charge in [-0.05, 0) is 26.7 Å². The molecular formula is C11H18N3. The van der Waals surface area contributed by atoms with Crippen LogP contribution in [-0.4, -0.2) is 33.8 Å². The molecule has 1 aliphatic heterocycles. The first kappa shape index (κ1) is 9.71. The fraction of sp³-hybridized carbons (Fsp3) is 0.727. The van der Waals surface area contributed by atoms with E-state index in [9.17, 15) is 0 Å². The molecule has 0 atom stereocenters. The molecule has 1 radical (unpaired) electrons. The molecule has 14 heavy (non-hydrogen) atoms. The van der Waals surface area contributed by atoms with Crippen molar-refractivity contribution in [2.75, 3.05) is 13.1 Å². The minimum absolute atomic E-state index is 0.594. The van der Waals surface area contributed by atoms with E-state index in [1.54, 1.807) is 6.20 Å². The molecule has 1 saturated heterocycles. The van der Waals surface area contributed by atoms with E-state index in [4.69, 9.17) is 0 Å². The van der Waals surface area contributed by atoms with E-state index in [0.29, 0.717) is 12.1 Å². The normalized spacial score (nSPS) is 20.5. The summed E-state index contributed by atoms with van der Waals surface area (Å²) in [4.78, 5) is 2.53. The molecule has 3 heteroatoms. The molecule has 0 bridgehead atoms. The Kier molecular flexibility index (Phi) is 2.87. The van der Waals surface area contributed by atoms with Crippen molar-refractivity contribution in [2.45, 2.75) is 38.8 Å². The number of nitrogens with zero attached hydrogens (tertiary/aromatic N) is 3. The van der Waals surface area contributed by atoms with Crippen molar-refractivity contribution in [3.63, 3.8) is 0 Å². The second-order valence-electron chi connectivity index (χ2n) is 4.28. The van der Waals surface area contributed by atoms with Crippen molar-refractivity contribution in [1.82, 2.24) is 14.7 Å². The first-order chi connectivity index (χ1) is 6.77. The summed E-state index contributed by atoms with van der Waals surface area (Å²) in [5.41, 5.74) is 0. The van der Waals surface area contributed by atoms with Crippen LogP contribution < -0.4 is 0 Å². The highest BCUT2D eigenvalue weighted by molar-refractivity contribution is 4.83. The maximum atomic E-state index is 4.25. The van der Waals surface area contributed by atoms with Gasteiger partial charge in [-0.25, -0.2) is 0 Å². The van der Waals surface area contributed by atoms with Gasteiger partial charge in [-0.3, -0.25) is 4.68 Å². The van der Waals surface area contributed by atoms with Crippen LogP contribution in [0.4, 0.5) is 0 Å². The smallest absolute Gasteiger partial charge is 0.0569 e. The standard InChI is InChI=1S/C11H18N3/c1-10(2)13-8-4-11(5-9-13)14-7-3-6-12-14/h6-7,10-11H,4-5,8-9H2,1-2H3. The Morgan fingerprint density at radius 3 is 2.57 bits per heavy atom. The van der Waals surface area contributed by atoms with Gasteiger partial charge < -0.3 is 4.90 Å². The minimum atomic E-state index is 0.594. The topological polar surface area (TPSA) is 21.1 Å². The van der Waals surface area contributed by atoms with Crippen LogP contribution in [0.15, 0.2) is 12.4 Å². The van der Waals surface area contributed by atoms with Crippen LogP contribution in [0, 0.1) is 6.07 Å². The van der Waals surface area contributed by atoms with Gasteiger partial charge in [-0.2, -0.15) is 5.10 Å². The number of likely N-dealkylation sites (tertiary alicyclic amines) is 1. The summed E-state index contributed by atoms with van der Waals surface area (Å²) in [6.07, 6.45) is 6.13. The molecule has 77 valence electrons. The van der Waals surface area contributed by atoms with E-state index in [-0.39, 0.29) is 0 Å². The molecule has 2 rings (SSSR count). The van der Waals surface area contributed by atoms with E-state index in [0.717, 1.165) is 0 Å². The summed E-state index contributed by atoms with van der Waals surface area (Å²) >= 11 is 0. The van der Waals surface area contributed by atoms with E-state index in [2.05, 4.69) is 34.6 Å². The lowest BCUT2D eigenvalue weighted by atomic mass is 10.0. The predicted molar refractivity (Wildman–Crippen MR) is 56.0 cm³/mol. The molecular weight excluding hydrogens is 174 g/mol. The van der Waals surface area contributed by atoms with E-state index in [1.165, 1.54) is 25.9 Å². The molecule has 0 spiro atoms. The van der Waals surface area contributed by atoms with Crippen LogP contribution in [-0.2, 0) is 0 Å². The summed E-state index contributed by atoms with van der Waals surface area (Å²) in [5, 5.41) is 4.25. The highest BCUT2D eigenvalue weighted by Gasteiger charge is 2.21. The van der Waals surface area contributed by atoms with Crippen molar-refractivity contribution in [3.8, 4) is 0 Å². The Balaban J connectivity index is 1.90. The van der Waals surface area contributed by atoms with Crippen LogP contribution in [0.25, 0.3) is 0 Å². The summed E-state index contributed by atoms with van der Waals surface area (Å²) in [5.74, 6) is 0. The van der Waals surface area contributed by atoms with Crippen molar-refractivity contribution in [1.29, 1.82) is 0 Å². The lowest BCUT2D eigenvalue weighted by Gasteiger charge is -2.34. The zero-order chi connectivity index (χ0) is 9.97. The van der Waals surface area contributed by atoms with Crippen molar-refractivity contribution < 1.29 is 0 Å². The maximum absolute atomic E-state index is 4.25. The van der Waals surface area contributed by atoms with Gasteiger partial charge in [-0.1, -0.05) is 0 Å². The molecule has 0 amide bonds. The van der Waals surface area contributed by atoms with Crippen LogP contribution in [0.5, 0.6) is 0 Å². The molecule has 3 nitrogen and oxygen atoms in total. The molecule has 1 aromatic rings. The Hall–Kier alpha value is -0.830. The molecule has 1 fully saturated rings. The molecule has 0 unspecified atom stereocenters. The van der Waals surface area contributed by atoms with Gasteiger partial charge in [0.25, 0.3) is 0 Å². The number of hydrogen-bond acceptors (Lipinski definition) is 2. The van der Waals surface area contributed by atoms with Crippen molar-refractivity contribution in [3.05, 3.63) is 18.5 Å². The van der Waals surface area contributed by atoms with E-state index < -0.39 is 0 Å². The summed E-state index contributed by atoms with van der Waals surface area (Å²) in [6, 6.07) is 4.27. The fourth-order valence-electron chi connectivity index (χ4n) is 2.11. The lowest BCUT2D eigenvalue weighted by Crippen LogP contribution is -2.39. The first-order valence-electron chi connectivity index (χ1n) is 5.41. The Morgan fingerprint density at radius 2 is 2.07 bits per heavy atom. The van der Waals surface area contributed by atoms with Gasteiger partial charge in [0.1, 0.15) is 0 Å². The monoisotopic (exact) mass is 192 g/mol. The Labute approximate surface area is 85.7 Å². The number of piperidine rings is 1. The number of aromatic nitrogens is 2. The second kappa shape index (κ2) is 4.13. The summed E-state index contributed by atoms with van der Waals surface area (Å²) in [6.45, 7) is 6.93. The molecule has 0 aromatic carbocycles. The molecule has 1 aliphatic rings. The van der Waals surface area contributed by atoms with Gasteiger partial charge in [0, 0.05) is 31.4 Å². The summed E-state index contributed by atoms with van der Waals surface area (Å²) in [7, 11) is 0. The van der Waals surface area contributed by atoms with Crippen LogP contribution >= 0.6 is 0 Å². The van der Waals surface area contributed by atoms with Crippen molar-refractivity contribution >= 4 is 0 Å². The number of rotatable bonds is 2. The second-order valence-corrected chi connectivity index (χ2v) is 4.28. The van der Waals surface area contributed by atoms with Gasteiger partial charge in [0.05, 0.1) is 12.2 Å². The SMILES string of the molecule is CC(C)N1CCC(n2c[c]cn2)CC1. The fourth-order valence-corrected chi connectivity index (χ4v) is 2.11. The molecule has 2 heterocycles. The van der Waals surface area contributed by atoms with Gasteiger partial charge in [-0.15, -0.1) is 0 Å². The largest absolute Gasteiger partial charge is 0.301 e. The third kappa shape index (κ3) is 1.98. The first-order valence-corrected chi connectivity index (χ1v) is 5.41. The Bertz CT molecular complexity index is 258. The highest BCUT2D eigenvalue weighted by atomic mass is 15.3. The van der Waals surface area contributed by atoms with E-state index >= 15 is 0 Å². The maximum Gasteiger partial charge on any atom is 0.0569 e.